The fourth-order valence-corrected chi connectivity index (χ4v) is 3.23. The summed E-state index contributed by atoms with van der Waals surface area (Å²) < 4.78 is 1.71. The van der Waals surface area contributed by atoms with Gasteiger partial charge in [-0.05, 0) is 30.7 Å². The molecule has 0 aliphatic heterocycles. The molecular formula is C19H21N7O. The Morgan fingerprint density at radius 2 is 2.04 bits per heavy atom. The molecule has 0 aromatic carbocycles. The van der Waals surface area contributed by atoms with Crippen LogP contribution in [0.4, 0.5) is 17.2 Å². The second-order valence-electron chi connectivity index (χ2n) is 6.73. The number of aromatic nitrogens is 5. The molecule has 0 saturated carbocycles. The number of nitrogens with zero attached hydrogens (tertiary/aromatic N) is 4. The first-order valence-corrected chi connectivity index (χ1v) is 8.58. The monoisotopic (exact) mass is 363 g/mol. The van der Waals surface area contributed by atoms with Crippen molar-refractivity contribution in [2.75, 3.05) is 24.3 Å². The van der Waals surface area contributed by atoms with Gasteiger partial charge in [0.15, 0.2) is 0 Å². The third-order valence-electron chi connectivity index (χ3n) is 4.46. The summed E-state index contributed by atoms with van der Waals surface area (Å²) in [6.07, 6.45) is 5.49. The lowest BCUT2D eigenvalue weighted by Crippen LogP contribution is -2.20. The van der Waals surface area contributed by atoms with Gasteiger partial charge in [0.25, 0.3) is 5.56 Å². The Morgan fingerprint density at radius 1 is 1.22 bits per heavy atom. The maximum Gasteiger partial charge on any atom is 0.259 e. The van der Waals surface area contributed by atoms with E-state index in [0.717, 1.165) is 28.0 Å². The van der Waals surface area contributed by atoms with E-state index in [1.807, 2.05) is 63.6 Å². The van der Waals surface area contributed by atoms with Gasteiger partial charge in [0.1, 0.15) is 17.2 Å². The molecule has 8 heteroatoms. The molecule has 4 rings (SSSR count). The maximum atomic E-state index is 12.7. The average Bonchev–Trinajstić information content (AvgIpc) is 3.22. The first-order valence-electron chi connectivity index (χ1n) is 8.58. The maximum absolute atomic E-state index is 12.7. The van der Waals surface area contributed by atoms with Crippen LogP contribution in [0.3, 0.4) is 0 Å². The number of aromatic amines is 2. The van der Waals surface area contributed by atoms with Crippen molar-refractivity contribution in [2.45, 2.75) is 6.92 Å². The molecule has 0 aliphatic carbocycles. The number of aryl methyl sites for hydroxylation is 2. The lowest BCUT2D eigenvalue weighted by molar-refractivity contribution is 0.770. The summed E-state index contributed by atoms with van der Waals surface area (Å²) in [4.78, 5) is 25.0. The number of rotatable bonds is 4. The van der Waals surface area contributed by atoms with Crippen molar-refractivity contribution in [3.8, 4) is 11.3 Å². The van der Waals surface area contributed by atoms with Gasteiger partial charge in [-0.15, -0.1) is 0 Å². The van der Waals surface area contributed by atoms with Crippen LogP contribution in [0.2, 0.25) is 0 Å². The molecule has 138 valence electrons. The van der Waals surface area contributed by atoms with Gasteiger partial charge in [0.2, 0.25) is 0 Å². The van der Waals surface area contributed by atoms with Crippen LogP contribution in [0.1, 0.15) is 5.56 Å². The Labute approximate surface area is 155 Å². The highest BCUT2D eigenvalue weighted by Gasteiger charge is 2.16. The number of pyridine rings is 2. The van der Waals surface area contributed by atoms with Crippen LogP contribution in [0, 0.1) is 6.92 Å². The zero-order valence-corrected chi connectivity index (χ0v) is 15.7. The van der Waals surface area contributed by atoms with Gasteiger partial charge < -0.3 is 20.2 Å². The van der Waals surface area contributed by atoms with Crippen LogP contribution in [-0.2, 0) is 7.05 Å². The first kappa shape index (κ1) is 16.9. The molecule has 8 nitrogen and oxygen atoms in total. The minimum atomic E-state index is -0.174. The van der Waals surface area contributed by atoms with Gasteiger partial charge in [0.05, 0.1) is 16.9 Å². The molecule has 3 N–H and O–H groups in total. The van der Waals surface area contributed by atoms with E-state index < -0.39 is 0 Å². The quantitative estimate of drug-likeness (QED) is 0.518. The van der Waals surface area contributed by atoms with E-state index in [4.69, 9.17) is 0 Å². The van der Waals surface area contributed by atoms with Crippen LogP contribution >= 0.6 is 0 Å². The van der Waals surface area contributed by atoms with Gasteiger partial charge >= 0.3 is 0 Å². The average molecular weight is 363 g/mol. The Hall–Kier alpha value is -3.55. The minimum absolute atomic E-state index is 0.174. The van der Waals surface area contributed by atoms with E-state index in [2.05, 4.69) is 25.4 Å². The molecule has 0 radical (unpaired) electrons. The van der Waals surface area contributed by atoms with E-state index in [9.17, 15) is 4.79 Å². The fraction of sp³-hybridized carbons (Fsp3) is 0.211. The molecular weight excluding hydrogens is 342 g/mol. The molecule has 0 amide bonds. The summed E-state index contributed by atoms with van der Waals surface area (Å²) in [5.74, 6) is 0.692. The lowest BCUT2D eigenvalue weighted by atomic mass is 10.1. The topological polar surface area (TPSA) is 94.6 Å². The van der Waals surface area contributed by atoms with Crippen LogP contribution in [0.5, 0.6) is 0 Å². The standard InChI is InChI=1S/C19H21N7O/c1-11-10-26(4)24-16(11)13-9-15(18(25(2)3)23-19(13)27)22-14-6-8-21-17-12(14)5-7-20-17/h5-10H,1-4H3,(H,23,27)(H2,20,21,22). The largest absolute Gasteiger partial charge is 0.362 e. The molecule has 27 heavy (non-hydrogen) atoms. The second-order valence-corrected chi connectivity index (χ2v) is 6.73. The van der Waals surface area contributed by atoms with Gasteiger partial charge in [-0.2, -0.15) is 5.10 Å². The summed E-state index contributed by atoms with van der Waals surface area (Å²) in [5.41, 5.74) is 4.47. The zero-order chi connectivity index (χ0) is 19.1. The second kappa shape index (κ2) is 6.31. The van der Waals surface area contributed by atoms with Gasteiger partial charge in [-0.1, -0.05) is 0 Å². The van der Waals surface area contributed by atoms with Gasteiger partial charge in [-0.3, -0.25) is 9.48 Å². The minimum Gasteiger partial charge on any atom is -0.362 e. The highest BCUT2D eigenvalue weighted by Crippen LogP contribution is 2.31. The summed E-state index contributed by atoms with van der Waals surface area (Å²) in [6, 6.07) is 5.73. The Morgan fingerprint density at radius 3 is 2.74 bits per heavy atom. The SMILES string of the molecule is Cc1cn(C)nc1-c1cc(Nc2ccnc3[nH]ccc23)c(N(C)C)[nH]c1=O. The normalized spacial score (nSPS) is 11.1. The molecule has 0 atom stereocenters. The smallest absolute Gasteiger partial charge is 0.259 e. The Kier molecular flexibility index (Phi) is 3.95. The molecule has 4 heterocycles. The van der Waals surface area contributed by atoms with Crippen molar-refractivity contribution in [3.05, 3.63) is 52.7 Å². The van der Waals surface area contributed by atoms with Crippen LogP contribution in [-0.4, -0.2) is 38.8 Å². The summed E-state index contributed by atoms with van der Waals surface area (Å²) in [6.45, 7) is 1.95. The molecule has 0 saturated heterocycles. The lowest BCUT2D eigenvalue weighted by Gasteiger charge is -2.19. The van der Waals surface area contributed by atoms with Crippen LogP contribution in [0.15, 0.2) is 41.6 Å². The fourth-order valence-electron chi connectivity index (χ4n) is 3.23. The number of fused-ring (bicyclic) bond motifs is 1. The zero-order valence-electron chi connectivity index (χ0n) is 15.7. The molecule has 0 aliphatic rings. The first-order chi connectivity index (χ1) is 12.9. The van der Waals surface area contributed by atoms with E-state index in [1.54, 1.807) is 10.9 Å². The van der Waals surface area contributed by atoms with Gasteiger partial charge in [0, 0.05) is 45.1 Å². The highest BCUT2D eigenvalue weighted by atomic mass is 16.1. The molecule has 4 aromatic heterocycles. The van der Waals surface area contributed by atoms with Crippen molar-refractivity contribution in [3.63, 3.8) is 0 Å². The molecule has 0 fully saturated rings. The van der Waals surface area contributed by atoms with Gasteiger partial charge in [-0.25, -0.2) is 4.98 Å². The summed E-state index contributed by atoms with van der Waals surface area (Å²) >= 11 is 0. The predicted molar refractivity (Wildman–Crippen MR) is 108 cm³/mol. The van der Waals surface area contributed by atoms with Crippen LogP contribution in [0.25, 0.3) is 22.3 Å². The third-order valence-corrected chi connectivity index (χ3v) is 4.46. The summed E-state index contributed by atoms with van der Waals surface area (Å²) in [5, 5.41) is 8.86. The number of nitrogens with one attached hydrogen (secondary N) is 3. The van der Waals surface area contributed by atoms with Crippen molar-refractivity contribution in [2.24, 2.45) is 7.05 Å². The Balaban J connectivity index is 1.88. The van der Waals surface area contributed by atoms with E-state index >= 15 is 0 Å². The van der Waals surface area contributed by atoms with Crippen molar-refractivity contribution >= 4 is 28.2 Å². The van der Waals surface area contributed by atoms with E-state index in [0.29, 0.717) is 17.1 Å². The van der Waals surface area contributed by atoms with Crippen molar-refractivity contribution in [1.82, 2.24) is 24.7 Å². The summed E-state index contributed by atoms with van der Waals surface area (Å²) in [7, 11) is 5.62. The third kappa shape index (κ3) is 2.95. The van der Waals surface area contributed by atoms with E-state index in [1.165, 1.54) is 0 Å². The number of hydrogen-bond acceptors (Lipinski definition) is 5. The van der Waals surface area contributed by atoms with E-state index in [-0.39, 0.29) is 5.56 Å². The number of H-pyrrole nitrogens is 2. The highest BCUT2D eigenvalue weighted by molar-refractivity contribution is 5.92. The number of hydrogen-bond donors (Lipinski definition) is 3. The van der Waals surface area contributed by atoms with Crippen LogP contribution < -0.4 is 15.8 Å². The number of anilines is 3. The molecule has 0 spiro atoms. The van der Waals surface area contributed by atoms with Crippen molar-refractivity contribution in [1.29, 1.82) is 0 Å². The molecule has 0 unspecified atom stereocenters. The van der Waals surface area contributed by atoms with Crippen molar-refractivity contribution < 1.29 is 0 Å². The molecule has 0 bridgehead atoms. The Bertz CT molecular complexity index is 1180. The predicted octanol–water partition coefficient (Wildman–Crippen LogP) is 2.77. The molecule has 4 aromatic rings.